The molecule has 0 aliphatic carbocycles. The van der Waals surface area contributed by atoms with Gasteiger partial charge in [0, 0.05) is 31.6 Å². The maximum atomic E-state index is 10.9. The highest BCUT2D eigenvalue weighted by Crippen LogP contribution is 2.23. The van der Waals surface area contributed by atoms with Crippen LogP contribution in [0, 0.1) is 0 Å². The lowest BCUT2D eigenvalue weighted by Gasteiger charge is -2.26. The van der Waals surface area contributed by atoms with Gasteiger partial charge in [0.1, 0.15) is 11.5 Å². The molecule has 1 fully saturated rings. The first-order valence-electron chi connectivity index (χ1n) is 7.45. The van der Waals surface area contributed by atoms with Crippen LogP contribution in [0.3, 0.4) is 0 Å². The van der Waals surface area contributed by atoms with Gasteiger partial charge in [-0.15, -0.1) is 0 Å². The Balaban J connectivity index is 1.61. The Morgan fingerprint density at radius 1 is 1.09 bits per heavy atom. The van der Waals surface area contributed by atoms with Crippen molar-refractivity contribution in [2.45, 2.75) is 6.42 Å². The number of benzene rings is 1. The molecular weight excluding hydrogens is 282 g/mol. The smallest absolute Gasteiger partial charge is 0.335 e. The zero-order valence-corrected chi connectivity index (χ0v) is 12.3. The standard InChI is InChI=1S/C17H19NO4/c19-17(20)14-3-1-13(2-4-14)16-6-5-15(22-16)7-8-18-9-11-21-12-10-18/h1-6H,7-12H2,(H,19,20). The molecule has 0 saturated carbocycles. The van der Waals surface area contributed by atoms with Gasteiger partial charge < -0.3 is 14.3 Å². The third-order valence-electron chi connectivity index (χ3n) is 3.86. The first-order valence-corrected chi connectivity index (χ1v) is 7.45. The van der Waals surface area contributed by atoms with Crippen molar-refractivity contribution < 1.29 is 19.1 Å². The first kappa shape index (κ1) is 14.8. The fourth-order valence-corrected chi connectivity index (χ4v) is 2.54. The minimum atomic E-state index is -0.919. The van der Waals surface area contributed by atoms with E-state index in [0.717, 1.165) is 56.4 Å². The highest BCUT2D eigenvalue weighted by Gasteiger charge is 2.12. The highest BCUT2D eigenvalue weighted by molar-refractivity contribution is 5.88. The molecule has 0 spiro atoms. The molecule has 5 nitrogen and oxygen atoms in total. The number of hydrogen-bond donors (Lipinski definition) is 1. The van der Waals surface area contributed by atoms with Gasteiger partial charge in [-0.1, -0.05) is 12.1 Å². The second-order valence-electron chi connectivity index (χ2n) is 5.35. The number of carboxylic acids is 1. The van der Waals surface area contributed by atoms with Crippen LogP contribution in [0.5, 0.6) is 0 Å². The van der Waals surface area contributed by atoms with Crippen LogP contribution in [-0.4, -0.2) is 48.8 Å². The molecule has 1 aliphatic heterocycles. The lowest BCUT2D eigenvalue weighted by molar-refractivity contribution is 0.0379. The van der Waals surface area contributed by atoms with Crippen molar-refractivity contribution >= 4 is 5.97 Å². The molecule has 0 amide bonds. The van der Waals surface area contributed by atoms with Crippen molar-refractivity contribution in [3.05, 3.63) is 47.7 Å². The van der Waals surface area contributed by atoms with Crippen molar-refractivity contribution in [3.8, 4) is 11.3 Å². The van der Waals surface area contributed by atoms with Crippen LogP contribution in [0.15, 0.2) is 40.8 Å². The molecular formula is C17H19NO4. The summed E-state index contributed by atoms with van der Waals surface area (Å²) in [5.41, 5.74) is 1.17. The molecule has 22 heavy (non-hydrogen) atoms. The minimum Gasteiger partial charge on any atom is -0.478 e. The predicted molar refractivity (Wildman–Crippen MR) is 82.1 cm³/mol. The van der Waals surface area contributed by atoms with E-state index in [1.54, 1.807) is 24.3 Å². The summed E-state index contributed by atoms with van der Waals surface area (Å²) in [6.45, 7) is 4.53. The number of carboxylic acid groups (broad SMARTS) is 1. The van der Waals surface area contributed by atoms with Crippen LogP contribution in [0.1, 0.15) is 16.1 Å². The fraction of sp³-hybridized carbons (Fsp3) is 0.353. The zero-order valence-electron chi connectivity index (χ0n) is 12.3. The summed E-state index contributed by atoms with van der Waals surface area (Å²) in [6.07, 6.45) is 0.868. The second kappa shape index (κ2) is 6.77. The molecule has 1 aliphatic rings. The topological polar surface area (TPSA) is 62.9 Å². The van der Waals surface area contributed by atoms with E-state index in [4.69, 9.17) is 14.3 Å². The minimum absolute atomic E-state index is 0.280. The molecule has 2 heterocycles. The third-order valence-corrected chi connectivity index (χ3v) is 3.86. The summed E-state index contributed by atoms with van der Waals surface area (Å²) in [4.78, 5) is 13.2. The molecule has 0 radical (unpaired) electrons. The highest BCUT2D eigenvalue weighted by atomic mass is 16.5. The van der Waals surface area contributed by atoms with Crippen molar-refractivity contribution in [2.75, 3.05) is 32.8 Å². The number of carbonyl (C=O) groups is 1. The van der Waals surface area contributed by atoms with E-state index in [2.05, 4.69) is 4.90 Å². The number of rotatable bonds is 5. The van der Waals surface area contributed by atoms with Gasteiger partial charge in [-0.2, -0.15) is 0 Å². The van der Waals surface area contributed by atoms with Crippen LogP contribution >= 0.6 is 0 Å². The maximum absolute atomic E-state index is 10.9. The number of aromatic carboxylic acids is 1. The van der Waals surface area contributed by atoms with E-state index in [1.165, 1.54) is 0 Å². The fourth-order valence-electron chi connectivity index (χ4n) is 2.54. The van der Waals surface area contributed by atoms with E-state index in [0.29, 0.717) is 0 Å². The average molecular weight is 301 g/mol. The molecule has 1 N–H and O–H groups in total. The summed E-state index contributed by atoms with van der Waals surface area (Å²) in [6, 6.07) is 10.6. The molecule has 1 aromatic carbocycles. The average Bonchev–Trinajstić information content (AvgIpc) is 3.03. The number of morpholine rings is 1. The van der Waals surface area contributed by atoms with Gasteiger partial charge in [-0.3, -0.25) is 4.90 Å². The monoisotopic (exact) mass is 301 g/mol. The Kier molecular flexibility index (Phi) is 4.56. The summed E-state index contributed by atoms with van der Waals surface area (Å²) in [5, 5.41) is 8.91. The van der Waals surface area contributed by atoms with Gasteiger partial charge in [0.25, 0.3) is 0 Å². The van der Waals surface area contributed by atoms with Gasteiger partial charge in [0.05, 0.1) is 18.8 Å². The first-order chi connectivity index (χ1) is 10.7. The van der Waals surface area contributed by atoms with Crippen LogP contribution in [-0.2, 0) is 11.2 Å². The Morgan fingerprint density at radius 2 is 1.82 bits per heavy atom. The number of hydrogen-bond acceptors (Lipinski definition) is 4. The normalized spacial score (nSPS) is 15.8. The zero-order chi connectivity index (χ0) is 15.4. The van der Waals surface area contributed by atoms with Gasteiger partial charge in [0.15, 0.2) is 0 Å². The third kappa shape index (κ3) is 3.55. The molecule has 116 valence electrons. The molecule has 1 aromatic heterocycles. The Hall–Kier alpha value is -2.11. The van der Waals surface area contributed by atoms with Crippen molar-refractivity contribution in [1.29, 1.82) is 0 Å². The van der Waals surface area contributed by atoms with Gasteiger partial charge in [-0.05, 0) is 24.3 Å². The SMILES string of the molecule is O=C(O)c1ccc(-c2ccc(CCN3CCOCC3)o2)cc1. The van der Waals surface area contributed by atoms with Crippen LogP contribution in [0.2, 0.25) is 0 Å². The van der Waals surface area contributed by atoms with E-state index in [1.807, 2.05) is 12.1 Å². The van der Waals surface area contributed by atoms with E-state index in [9.17, 15) is 4.79 Å². The molecule has 0 unspecified atom stereocenters. The van der Waals surface area contributed by atoms with Gasteiger partial charge in [-0.25, -0.2) is 4.79 Å². The van der Waals surface area contributed by atoms with Crippen molar-refractivity contribution in [3.63, 3.8) is 0 Å². The molecule has 3 rings (SSSR count). The molecule has 5 heteroatoms. The van der Waals surface area contributed by atoms with Crippen LogP contribution in [0.4, 0.5) is 0 Å². The maximum Gasteiger partial charge on any atom is 0.335 e. The summed E-state index contributed by atoms with van der Waals surface area (Å²) in [7, 11) is 0. The van der Waals surface area contributed by atoms with Gasteiger partial charge in [0.2, 0.25) is 0 Å². The second-order valence-corrected chi connectivity index (χ2v) is 5.35. The van der Waals surface area contributed by atoms with Crippen LogP contribution < -0.4 is 0 Å². The van der Waals surface area contributed by atoms with Crippen molar-refractivity contribution in [1.82, 2.24) is 4.90 Å². The summed E-state index contributed by atoms with van der Waals surface area (Å²) in [5.74, 6) is 0.801. The predicted octanol–water partition coefficient (Wildman–Crippen LogP) is 2.52. The van der Waals surface area contributed by atoms with Crippen molar-refractivity contribution in [2.24, 2.45) is 0 Å². The summed E-state index contributed by atoms with van der Waals surface area (Å²) < 4.78 is 11.2. The Morgan fingerprint density at radius 3 is 2.50 bits per heavy atom. The number of furan rings is 1. The lowest BCUT2D eigenvalue weighted by Crippen LogP contribution is -2.37. The van der Waals surface area contributed by atoms with E-state index < -0.39 is 5.97 Å². The van der Waals surface area contributed by atoms with E-state index in [-0.39, 0.29) is 5.56 Å². The Bertz CT molecular complexity index is 626. The number of nitrogens with zero attached hydrogens (tertiary/aromatic N) is 1. The van der Waals surface area contributed by atoms with E-state index >= 15 is 0 Å². The molecule has 0 bridgehead atoms. The molecule has 2 aromatic rings. The number of ether oxygens (including phenoxy) is 1. The molecule has 0 atom stereocenters. The summed E-state index contributed by atoms with van der Waals surface area (Å²) >= 11 is 0. The molecule has 1 saturated heterocycles. The Labute approximate surface area is 129 Å². The largest absolute Gasteiger partial charge is 0.478 e. The quantitative estimate of drug-likeness (QED) is 0.919. The van der Waals surface area contributed by atoms with Crippen LogP contribution in [0.25, 0.3) is 11.3 Å². The lowest BCUT2D eigenvalue weighted by atomic mass is 10.1. The van der Waals surface area contributed by atoms with Gasteiger partial charge >= 0.3 is 5.97 Å².